The average molecular weight is 718 g/mol. The lowest BCUT2D eigenvalue weighted by atomic mass is 9.78. The number of para-hydroxylation sites is 1. The number of aliphatic imine (C=N–C) groups is 1. The van der Waals surface area contributed by atoms with E-state index < -0.39 is 0 Å². The fraction of sp³-hybridized carbons (Fsp3) is 0.204. The molecule has 5 heteroatoms. The fourth-order valence-corrected chi connectivity index (χ4v) is 10.8. The van der Waals surface area contributed by atoms with Crippen molar-refractivity contribution < 1.29 is 0 Å². The van der Waals surface area contributed by atoms with Gasteiger partial charge < -0.3 is 10.6 Å². The summed E-state index contributed by atoms with van der Waals surface area (Å²) in [5.74, 6) is 1.11. The fourth-order valence-electron chi connectivity index (χ4n) is 9.68. The van der Waals surface area contributed by atoms with Crippen LogP contribution >= 0.6 is 11.3 Å². The molecule has 0 saturated carbocycles. The number of fused-ring (bicyclic) bond motifs is 7. The maximum atomic E-state index is 5.74. The number of allylic oxidation sites excluding steroid dienone is 11. The number of nitrogens with zero attached hydrogens (tertiary/aromatic N) is 3. The van der Waals surface area contributed by atoms with Gasteiger partial charge in [-0.3, -0.25) is 4.90 Å². The van der Waals surface area contributed by atoms with Gasteiger partial charge in [0.05, 0.1) is 5.71 Å². The molecule has 4 aliphatic carbocycles. The third kappa shape index (κ3) is 5.40. The summed E-state index contributed by atoms with van der Waals surface area (Å²) in [4.78, 5) is 9.81. The molecule has 0 bridgehead atoms. The molecule has 1 saturated heterocycles. The zero-order valence-electron chi connectivity index (χ0n) is 30.1. The van der Waals surface area contributed by atoms with Crippen LogP contribution in [0.4, 0.5) is 5.69 Å². The van der Waals surface area contributed by atoms with Crippen LogP contribution in [0.2, 0.25) is 0 Å². The average Bonchev–Trinajstić information content (AvgIpc) is 3.79. The van der Waals surface area contributed by atoms with Crippen molar-refractivity contribution in [3.63, 3.8) is 0 Å². The van der Waals surface area contributed by atoms with Gasteiger partial charge in [-0.15, -0.1) is 24.0 Å². The molecule has 11 rings (SSSR count). The van der Waals surface area contributed by atoms with Crippen LogP contribution in [-0.4, -0.2) is 35.5 Å². The molecule has 4 aromatic rings. The van der Waals surface area contributed by atoms with Gasteiger partial charge in [0.25, 0.3) is 0 Å². The van der Waals surface area contributed by atoms with E-state index in [0.29, 0.717) is 17.8 Å². The number of nitrogens with one attached hydrogen (secondary N) is 1. The first-order chi connectivity index (χ1) is 26.7. The molecule has 1 fully saturated rings. The van der Waals surface area contributed by atoms with Crippen LogP contribution in [0.5, 0.6) is 0 Å². The SMILES string of the molecule is C1=CCCC(c2cc(C3=C[N-]CC=C3)cc(C3=NC(N4C5C=CC=CC5C5C=CC(C6C=Cc7sc8ccccc8c7C6)=CC54)Nc4ccccc43)c2)=C1. The van der Waals surface area contributed by atoms with Crippen LogP contribution < -0.4 is 5.32 Å². The molecule has 54 heavy (non-hydrogen) atoms. The third-order valence-corrected chi connectivity index (χ3v) is 13.5. The van der Waals surface area contributed by atoms with Gasteiger partial charge in [-0.2, -0.15) is 6.20 Å². The quantitative estimate of drug-likeness (QED) is 0.223. The Morgan fingerprint density at radius 3 is 2.59 bits per heavy atom. The maximum absolute atomic E-state index is 5.74. The molecule has 0 radical (unpaired) electrons. The highest BCUT2D eigenvalue weighted by molar-refractivity contribution is 7.20. The molecule has 1 N–H and O–H groups in total. The highest BCUT2D eigenvalue weighted by Crippen LogP contribution is 2.47. The lowest BCUT2D eigenvalue weighted by molar-refractivity contribution is 0.183. The summed E-state index contributed by atoms with van der Waals surface area (Å²) in [5.41, 5.74) is 12.3. The van der Waals surface area contributed by atoms with Gasteiger partial charge in [0, 0.05) is 56.2 Å². The van der Waals surface area contributed by atoms with Crippen LogP contribution in [0, 0.1) is 17.8 Å². The van der Waals surface area contributed by atoms with Crippen molar-refractivity contribution >= 4 is 50.0 Å². The van der Waals surface area contributed by atoms with E-state index in [0.717, 1.165) is 53.9 Å². The molecule has 6 unspecified atom stereocenters. The largest absolute Gasteiger partial charge is 0.687 e. The highest BCUT2D eigenvalue weighted by Gasteiger charge is 2.50. The summed E-state index contributed by atoms with van der Waals surface area (Å²) in [5, 5.41) is 9.96. The second-order valence-corrected chi connectivity index (χ2v) is 16.4. The summed E-state index contributed by atoms with van der Waals surface area (Å²) in [6.07, 6.45) is 37.7. The summed E-state index contributed by atoms with van der Waals surface area (Å²) in [7, 11) is 0. The van der Waals surface area contributed by atoms with Gasteiger partial charge in [-0.25, -0.2) is 4.99 Å². The number of hydrogen-bond acceptors (Lipinski definition) is 4. The standard InChI is InChI=1S/C49H41N4S/c1-2-11-31(12-3-1)35-25-36(34-13-10-24-50-30-34)27-37(26-35)48-41-16-4-7-17-43(41)51-49(52-48)53-44-18-8-5-14-38(44)39-22-20-33(29-45(39)53)32-21-23-47-42(28-32)40-15-6-9-19-46(40)54-47/h1-2,4-11,13-23,25-27,29-30,32,38-39,44-45,49,51H,3,12,24,28H2/q-1. The van der Waals surface area contributed by atoms with Gasteiger partial charge in [-0.1, -0.05) is 109 Å². The van der Waals surface area contributed by atoms with E-state index in [1.165, 1.54) is 42.8 Å². The van der Waals surface area contributed by atoms with Crippen molar-refractivity contribution in [1.82, 2.24) is 4.90 Å². The number of hydrogen-bond donors (Lipinski definition) is 1. The third-order valence-electron chi connectivity index (χ3n) is 12.3. The zero-order valence-corrected chi connectivity index (χ0v) is 30.9. The summed E-state index contributed by atoms with van der Waals surface area (Å²) in [6.45, 7) is 0.734. The number of likely N-dealkylation sites (tertiary alicyclic amines) is 1. The number of rotatable bonds is 5. The van der Waals surface area contributed by atoms with Crippen LogP contribution in [0.3, 0.4) is 0 Å². The van der Waals surface area contributed by atoms with Crippen molar-refractivity contribution in [3.8, 4) is 0 Å². The van der Waals surface area contributed by atoms with E-state index >= 15 is 0 Å². The minimum atomic E-state index is -0.236. The monoisotopic (exact) mass is 717 g/mol. The Kier molecular flexibility index (Phi) is 7.77. The molecular formula is C49H41N4S-. The van der Waals surface area contributed by atoms with Crippen LogP contribution in [0.1, 0.15) is 45.5 Å². The Bertz CT molecular complexity index is 2510. The minimum absolute atomic E-state index is 0.203. The first kappa shape index (κ1) is 32.0. The molecule has 4 nitrogen and oxygen atoms in total. The smallest absolute Gasteiger partial charge is 0.178 e. The second-order valence-electron chi connectivity index (χ2n) is 15.3. The lowest BCUT2D eigenvalue weighted by Crippen LogP contribution is -2.49. The van der Waals surface area contributed by atoms with E-state index in [9.17, 15) is 0 Å². The molecule has 1 aromatic heterocycles. The van der Waals surface area contributed by atoms with Crippen LogP contribution in [0.15, 0.2) is 162 Å². The predicted molar refractivity (Wildman–Crippen MR) is 228 cm³/mol. The van der Waals surface area contributed by atoms with Gasteiger partial charge in [-0.05, 0) is 94.5 Å². The highest BCUT2D eigenvalue weighted by atomic mass is 32.1. The molecule has 4 heterocycles. The Balaban J connectivity index is 1.01. The van der Waals surface area contributed by atoms with E-state index in [-0.39, 0.29) is 18.4 Å². The number of benzene rings is 3. The summed E-state index contributed by atoms with van der Waals surface area (Å²) < 4.78 is 1.38. The second kappa shape index (κ2) is 13.1. The Morgan fingerprint density at radius 1 is 0.796 bits per heavy atom. The normalized spacial score (nSPS) is 27.6. The van der Waals surface area contributed by atoms with Gasteiger partial charge in [0.15, 0.2) is 6.29 Å². The molecule has 3 aliphatic heterocycles. The topological polar surface area (TPSA) is 41.7 Å². The molecular weight excluding hydrogens is 677 g/mol. The van der Waals surface area contributed by atoms with E-state index in [1.54, 1.807) is 0 Å². The Labute approximate surface area is 321 Å². The van der Waals surface area contributed by atoms with E-state index in [2.05, 4.69) is 167 Å². The molecule has 264 valence electrons. The first-order valence-electron chi connectivity index (χ1n) is 19.5. The van der Waals surface area contributed by atoms with Gasteiger partial charge in [0.2, 0.25) is 0 Å². The summed E-state index contributed by atoms with van der Waals surface area (Å²) >= 11 is 1.92. The molecule has 6 atom stereocenters. The Morgan fingerprint density at radius 2 is 1.67 bits per heavy atom. The first-order valence-corrected chi connectivity index (χ1v) is 20.3. The molecule has 7 aliphatic rings. The van der Waals surface area contributed by atoms with Crippen molar-refractivity contribution in [1.29, 1.82) is 0 Å². The maximum Gasteiger partial charge on any atom is 0.178 e. The van der Waals surface area contributed by atoms with Crippen LogP contribution in [0.25, 0.3) is 32.6 Å². The van der Waals surface area contributed by atoms with E-state index in [4.69, 9.17) is 4.99 Å². The molecule has 0 spiro atoms. The van der Waals surface area contributed by atoms with Gasteiger partial charge >= 0.3 is 0 Å². The van der Waals surface area contributed by atoms with Crippen molar-refractivity contribution in [2.45, 2.75) is 37.6 Å². The van der Waals surface area contributed by atoms with Crippen molar-refractivity contribution in [3.05, 3.63) is 196 Å². The minimum Gasteiger partial charge on any atom is -0.687 e. The van der Waals surface area contributed by atoms with Crippen molar-refractivity contribution in [2.75, 3.05) is 11.9 Å². The van der Waals surface area contributed by atoms with Crippen molar-refractivity contribution in [2.24, 2.45) is 22.7 Å². The van der Waals surface area contributed by atoms with Gasteiger partial charge in [0.1, 0.15) is 0 Å². The summed E-state index contributed by atoms with van der Waals surface area (Å²) in [6, 6.07) is 25.1. The molecule has 0 amide bonds. The zero-order chi connectivity index (χ0) is 35.6. The molecule has 3 aromatic carbocycles. The van der Waals surface area contributed by atoms with Crippen LogP contribution in [-0.2, 0) is 6.42 Å². The number of anilines is 1. The number of thiophene rings is 1. The van der Waals surface area contributed by atoms with E-state index in [1.807, 2.05) is 17.5 Å². The lowest BCUT2D eigenvalue weighted by Gasteiger charge is -2.39. The Hall–Kier alpha value is -5.49. The predicted octanol–water partition coefficient (Wildman–Crippen LogP) is 11.3.